The Kier molecular flexibility index (Phi) is 5.74. The quantitative estimate of drug-likeness (QED) is 0.660. The van der Waals surface area contributed by atoms with E-state index in [0.29, 0.717) is 12.5 Å². The molecule has 1 N–H and O–H groups in total. The van der Waals surface area contributed by atoms with Crippen LogP contribution in [0.2, 0.25) is 5.02 Å². The molecule has 0 aliphatic carbocycles. The molecule has 0 bridgehead atoms. The number of anilines is 1. The maximum absolute atomic E-state index is 12.9. The number of aromatic nitrogens is 2. The summed E-state index contributed by atoms with van der Waals surface area (Å²) in [7, 11) is -0.831. The van der Waals surface area contributed by atoms with Crippen molar-refractivity contribution >= 4 is 44.5 Å². The minimum absolute atomic E-state index is 0.00545. The number of hydrogen-bond donors (Lipinski definition) is 1. The molecule has 9 heteroatoms. The lowest BCUT2D eigenvalue weighted by atomic mass is 10.2. The Morgan fingerprint density at radius 1 is 1.21 bits per heavy atom. The fourth-order valence-corrected chi connectivity index (χ4v) is 3.97. The zero-order valence-electron chi connectivity index (χ0n) is 15.8. The Morgan fingerprint density at radius 2 is 1.93 bits per heavy atom. The van der Waals surface area contributed by atoms with Gasteiger partial charge in [0.05, 0.1) is 26.5 Å². The van der Waals surface area contributed by atoms with Crippen LogP contribution in [-0.2, 0) is 16.6 Å². The fraction of sp³-hybridized carbons (Fsp3) is 0.263. The van der Waals surface area contributed by atoms with Gasteiger partial charge in [0, 0.05) is 20.6 Å². The molecule has 2 aromatic carbocycles. The number of carbonyl (C=O) groups is 1. The molecule has 0 saturated carbocycles. The van der Waals surface area contributed by atoms with Crippen LogP contribution in [0.1, 0.15) is 23.7 Å². The number of amides is 1. The van der Waals surface area contributed by atoms with Gasteiger partial charge in [0.2, 0.25) is 16.0 Å². The van der Waals surface area contributed by atoms with E-state index in [4.69, 9.17) is 11.6 Å². The average Bonchev–Trinajstić information content (AvgIpc) is 2.99. The largest absolute Gasteiger partial charge is 0.310 e. The third kappa shape index (κ3) is 3.76. The molecule has 0 aliphatic heterocycles. The summed E-state index contributed by atoms with van der Waals surface area (Å²) < 4.78 is 27.7. The summed E-state index contributed by atoms with van der Waals surface area (Å²) in [4.78, 5) is 17.3. The summed E-state index contributed by atoms with van der Waals surface area (Å²) in [5.41, 5.74) is 1.75. The van der Waals surface area contributed by atoms with Crippen LogP contribution < -0.4 is 5.32 Å². The van der Waals surface area contributed by atoms with E-state index in [1.54, 1.807) is 0 Å². The molecule has 1 aromatic heterocycles. The minimum atomic E-state index is -3.69. The number of fused-ring (bicyclic) bond motifs is 1. The van der Waals surface area contributed by atoms with Crippen molar-refractivity contribution in [1.82, 2.24) is 13.9 Å². The second-order valence-corrected chi connectivity index (χ2v) is 9.02. The van der Waals surface area contributed by atoms with Crippen molar-refractivity contribution in [2.45, 2.75) is 24.8 Å². The summed E-state index contributed by atoms with van der Waals surface area (Å²) in [6, 6.07) is 11.7. The maximum Gasteiger partial charge on any atom is 0.259 e. The molecule has 0 spiro atoms. The zero-order valence-corrected chi connectivity index (χ0v) is 17.4. The highest BCUT2D eigenvalue weighted by atomic mass is 35.5. The number of imidazole rings is 1. The third-order valence-corrected chi connectivity index (χ3v) is 6.43. The normalized spacial score (nSPS) is 11.9. The number of carbonyl (C=O) groups excluding carboxylic acids is 1. The molecule has 28 heavy (non-hydrogen) atoms. The number of sulfonamides is 1. The highest BCUT2D eigenvalue weighted by Gasteiger charge is 2.22. The second kappa shape index (κ2) is 7.90. The Labute approximate surface area is 169 Å². The summed E-state index contributed by atoms with van der Waals surface area (Å²) >= 11 is 6.17. The number of aryl methyl sites for hydroxylation is 1. The van der Waals surface area contributed by atoms with Crippen molar-refractivity contribution in [1.29, 1.82) is 0 Å². The van der Waals surface area contributed by atoms with E-state index in [1.165, 1.54) is 32.3 Å². The smallest absolute Gasteiger partial charge is 0.259 e. The van der Waals surface area contributed by atoms with E-state index in [1.807, 2.05) is 35.8 Å². The summed E-state index contributed by atoms with van der Waals surface area (Å²) in [6.45, 7) is 2.71. The average molecular weight is 421 g/mol. The third-order valence-electron chi connectivity index (χ3n) is 4.29. The van der Waals surface area contributed by atoms with Gasteiger partial charge in [-0.15, -0.1) is 0 Å². The van der Waals surface area contributed by atoms with Crippen LogP contribution in [0.3, 0.4) is 0 Å². The molecule has 0 radical (unpaired) electrons. The van der Waals surface area contributed by atoms with Crippen molar-refractivity contribution in [2.75, 3.05) is 19.4 Å². The lowest BCUT2D eigenvalue weighted by Crippen LogP contribution is -2.23. The van der Waals surface area contributed by atoms with E-state index in [2.05, 4.69) is 10.3 Å². The Morgan fingerprint density at radius 3 is 2.61 bits per heavy atom. The molecular weight excluding hydrogens is 400 g/mol. The van der Waals surface area contributed by atoms with E-state index in [0.717, 1.165) is 21.8 Å². The highest BCUT2D eigenvalue weighted by molar-refractivity contribution is 7.89. The lowest BCUT2D eigenvalue weighted by molar-refractivity contribution is 0.102. The predicted molar refractivity (Wildman–Crippen MR) is 110 cm³/mol. The molecule has 1 heterocycles. The molecule has 3 rings (SSSR count). The van der Waals surface area contributed by atoms with Gasteiger partial charge in [-0.2, -0.15) is 0 Å². The highest BCUT2D eigenvalue weighted by Crippen LogP contribution is 2.25. The van der Waals surface area contributed by atoms with E-state index >= 15 is 0 Å². The van der Waals surface area contributed by atoms with Crippen molar-refractivity contribution in [3.8, 4) is 0 Å². The van der Waals surface area contributed by atoms with Crippen LogP contribution in [-0.4, -0.2) is 42.3 Å². The SMILES string of the molecule is CCCn1c(NC(=O)c2cc(S(=O)(=O)N(C)C)ccc2Cl)nc2ccccc21. The first-order chi connectivity index (χ1) is 13.3. The molecular formula is C19H21ClN4O3S. The molecule has 7 nitrogen and oxygen atoms in total. The summed E-state index contributed by atoms with van der Waals surface area (Å²) in [6.07, 6.45) is 0.862. The van der Waals surface area contributed by atoms with Gasteiger partial charge >= 0.3 is 0 Å². The maximum atomic E-state index is 12.9. The molecule has 0 atom stereocenters. The molecule has 0 fully saturated rings. The molecule has 148 valence electrons. The van der Waals surface area contributed by atoms with Gasteiger partial charge in [-0.3, -0.25) is 10.1 Å². The van der Waals surface area contributed by atoms with Gasteiger partial charge in [0.25, 0.3) is 5.91 Å². The molecule has 1 amide bonds. The first-order valence-corrected chi connectivity index (χ1v) is 10.6. The Bertz CT molecular complexity index is 1140. The van der Waals surface area contributed by atoms with Gasteiger partial charge in [-0.05, 0) is 36.8 Å². The van der Waals surface area contributed by atoms with Crippen LogP contribution in [0.4, 0.5) is 5.95 Å². The van der Waals surface area contributed by atoms with Gasteiger partial charge in [-0.1, -0.05) is 30.7 Å². The number of nitrogens with one attached hydrogen (secondary N) is 1. The van der Waals surface area contributed by atoms with Crippen LogP contribution in [0.5, 0.6) is 0 Å². The van der Waals surface area contributed by atoms with Crippen molar-refractivity contribution in [2.24, 2.45) is 0 Å². The summed E-state index contributed by atoms with van der Waals surface area (Å²) in [5, 5.41) is 2.93. The van der Waals surface area contributed by atoms with Gasteiger partial charge in [-0.25, -0.2) is 17.7 Å². The molecule has 3 aromatic rings. The summed E-state index contributed by atoms with van der Waals surface area (Å²) in [5.74, 6) is -0.126. The Hall–Kier alpha value is -2.42. The molecule has 0 unspecified atom stereocenters. The fourth-order valence-electron chi connectivity index (χ4n) is 2.84. The number of nitrogens with zero attached hydrogens (tertiary/aromatic N) is 3. The second-order valence-electron chi connectivity index (χ2n) is 6.46. The van der Waals surface area contributed by atoms with Crippen molar-refractivity contribution in [3.63, 3.8) is 0 Å². The molecule has 0 saturated heterocycles. The topological polar surface area (TPSA) is 84.3 Å². The Balaban J connectivity index is 2.00. The van der Waals surface area contributed by atoms with E-state index in [-0.39, 0.29) is 15.5 Å². The van der Waals surface area contributed by atoms with Crippen LogP contribution in [0, 0.1) is 0 Å². The first-order valence-electron chi connectivity index (χ1n) is 8.74. The minimum Gasteiger partial charge on any atom is -0.310 e. The van der Waals surface area contributed by atoms with Crippen LogP contribution in [0.25, 0.3) is 11.0 Å². The molecule has 0 aliphatic rings. The number of para-hydroxylation sites is 2. The van der Waals surface area contributed by atoms with Crippen molar-refractivity contribution in [3.05, 3.63) is 53.1 Å². The van der Waals surface area contributed by atoms with Gasteiger partial charge in [0.1, 0.15) is 0 Å². The lowest BCUT2D eigenvalue weighted by Gasteiger charge is -2.13. The van der Waals surface area contributed by atoms with Gasteiger partial charge < -0.3 is 4.57 Å². The zero-order chi connectivity index (χ0) is 20.5. The monoisotopic (exact) mass is 420 g/mol. The van der Waals surface area contributed by atoms with Gasteiger partial charge in [0.15, 0.2) is 0 Å². The van der Waals surface area contributed by atoms with E-state index in [9.17, 15) is 13.2 Å². The van der Waals surface area contributed by atoms with Crippen LogP contribution in [0.15, 0.2) is 47.4 Å². The standard InChI is InChI=1S/C19H21ClN4O3S/c1-4-11-24-17-8-6-5-7-16(17)21-19(24)22-18(25)14-12-13(9-10-15(14)20)28(26,27)23(2)3/h5-10,12H,4,11H2,1-3H3,(H,21,22,25). The number of hydrogen-bond acceptors (Lipinski definition) is 4. The number of benzene rings is 2. The predicted octanol–water partition coefficient (Wildman–Crippen LogP) is 3.60. The number of halogens is 1. The van der Waals surface area contributed by atoms with Crippen molar-refractivity contribution < 1.29 is 13.2 Å². The van der Waals surface area contributed by atoms with E-state index < -0.39 is 15.9 Å². The van der Waals surface area contributed by atoms with Crippen LogP contribution >= 0.6 is 11.6 Å². The first kappa shape index (κ1) is 20.3. The number of rotatable bonds is 6.